The van der Waals surface area contributed by atoms with Crippen LogP contribution in [0.3, 0.4) is 0 Å². The van der Waals surface area contributed by atoms with Crippen molar-refractivity contribution in [3.05, 3.63) is 58.3 Å². The van der Waals surface area contributed by atoms with Gasteiger partial charge >= 0.3 is 0 Å². The van der Waals surface area contributed by atoms with Crippen LogP contribution < -0.4 is 0 Å². The summed E-state index contributed by atoms with van der Waals surface area (Å²) < 4.78 is 0. The molecule has 0 spiro atoms. The maximum Gasteiger partial charge on any atom is 0.0652 e. The van der Waals surface area contributed by atoms with Gasteiger partial charge in [-0.05, 0) is 68.8 Å². The molecule has 0 saturated heterocycles. The van der Waals surface area contributed by atoms with Gasteiger partial charge in [-0.25, -0.2) is 0 Å². The maximum absolute atomic E-state index is 3.64. The summed E-state index contributed by atoms with van der Waals surface area (Å²) in [5.74, 6) is 0. The predicted molar refractivity (Wildman–Crippen MR) is 122 cm³/mol. The molecule has 149 valence electrons. The van der Waals surface area contributed by atoms with E-state index in [-0.39, 0.29) is 7.92 Å². The molecule has 0 N–H and O–H groups in total. The van der Waals surface area contributed by atoms with Crippen molar-refractivity contribution < 1.29 is 0 Å². The molecule has 0 aliphatic heterocycles. The van der Waals surface area contributed by atoms with Gasteiger partial charge in [0.25, 0.3) is 0 Å². The fourth-order valence-corrected chi connectivity index (χ4v) is 9.39. The molecule has 0 aromatic heterocycles. The van der Waals surface area contributed by atoms with Crippen LogP contribution >= 0.6 is 7.92 Å². The standard InChI is InChI=1S/C26H35NP/c1-27(2)26(21-13-6-3-7-14-21)24-19-12-20-25(24)28(22-15-8-4-9-16-22)23-17-10-5-11-18-23/h3,6-7,13,22-23,26H,4-5,8-11,14-18H2,1-2H3/t26-/m0/s1. The van der Waals surface area contributed by atoms with Crippen LogP contribution in [-0.4, -0.2) is 36.4 Å². The fourth-order valence-electron chi connectivity index (χ4n) is 5.58. The van der Waals surface area contributed by atoms with Gasteiger partial charge in [-0.3, -0.25) is 4.90 Å². The van der Waals surface area contributed by atoms with E-state index >= 15 is 0 Å². The molecule has 0 unspecified atom stereocenters. The van der Waals surface area contributed by atoms with Crippen molar-refractivity contribution in [2.24, 2.45) is 0 Å². The second-order valence-corrected chi connectivity index (χ2v) is 11.8. The van der Waals surface area contributed by atoms with E-state index in [1.807, 2.05) is 0 Å². The van der Waals surface area contributed by atoms with Gasteiger partial charge in [-0.1, -0.05) is 76.1 Å². The highest BCUT2D eigenvalue weighted by Gasteiger charge is 2.38. The molecule has 1 radical (unpaired) electrons. The first-order chi connectivity index (χ1) is 13.8. The third kappa shape index (κ3) is 4.41. The average molecular weight is 393 g/mol. The number of allylic oxidation sites excluding steroid dienone is 3. The Hall–Kier alpha value is -1.05. The summed E-state index contributed by atoms with van der Waals surface area (Å²) in [7, 11) is 4.29. The second-order valence-electron chi connectivity index (χ2n) is 9.06. The highest BCUT2D eigenvalue weighted by atomic mass is 31.1. The SMILES string of the molecule is CN(C)[C@H](C1=C=C=C=C1P(C1CCCCC1)C1CCCCC1)C1=C[CH]C=CC1. The van der Waals surface area contributed by atoms with Gasteiger partial charge in [0.05, 0.1) is 6.04 Å². The molecule has 1 atom stereocenters. The number of hydrogen-bond acceptors (Lipinski definition) is 1. The summed E-state index contributed by atoms with van der Waals surface area (Å²) >= 11 is 0. The van der Waals surface area contributed by atoms with E-state index in [0.717, 1.165) is 17.7 Å². The minimum Gasteiger partial charge on any atom is -0.298 e. The lowest BCUT2D eigenvalue weighted by Crippen LogP contribution is -2.33. The first kappa shape index (κ1) is 20.2. The van der Waals surface area contributed by atoms with Gasteiger partial charge < -0.3 is 0 Å². The Kier molecular flexibility index (Phi) is 6.96. The first-order valence-corrected chi connectivity index (χ1v) is 12.9. The van der Waals surface area contributed by atoms with E-state index < -0.39 is 0 Å². The van der Waals surface area contributed by atoms with E-state index in [1.54, 1.807) is 0 Å². The molecule has 0 heterocycles. The number of nitrogens with zero attached hydrogens (tertiary/aromatic N) is 1. The Bertz CT molecular complexity index is 736. The van der Waals surface area contributed by atoms with Gasteiger partial charge in [0, 0.05) is 17.3 Å². The lowest BCUT2D eigenvalue weighted by atomic mass is 9.92. The van der Waals surface area contributed by atoms with Crippen LogP contribution in [0.15, 0.2) is 51.9 Å². The smallest absolute Gasteiger partial charge is 0.0652 e. The van der Waals surface area contributed by atoms with Crippen LogP contribution in [0.1, 0.15) is 70.6 Å². The highest BCUT2D eigenvalue weighted by molar-refractivity contribution is 7.63. The molecule has 4 aliphatic rings. The quantitative estimate of drug-likeness (QED) is 0.351. The molecule has 0 aromatic rings. The lowest BCUT2D eigenvalue weighted by molar-refractivity contribution is 0.365. The molecule has 4 aliphatic carbocycles. The van der Waals surface area contributed by atoms with Crippen molar-refractivity contribution in [3.8, 4) is 0 Å². The minimum atomic E-state index is -0.154. The Labute approximate surface area is 173 Å². The Morgan fingerprint density at radius 1 is 0.929 bits per heavy atom. The van der Waals surface area contributed by atoms with Crippen molar-refractivity contribution >= 4 is 7.92 Å². The Morgan fingerprint density at radius 2 is 1.57 bits per heavy atom. The Balaban J connectivity index is 1.64. The average Bonchev–Trinajstić information content (AvgIpc) is 3.19. The predicted octanol–water partition coefficient (Wildman–Crippen LogP) is 6.89. The topological polar surface area (TPSA) is 3.24 Å². The van der Waals surface area contributed by atoms with E-state index in [0.29, 0.717) is 6.04 Å². The van der Waals surface area contributed by atoms with Crippen LogP contribution in [0.2, 0.25) is 0 Å². The van der Waals surface area contributed by atoms with Crippen molar-refractivity contribution in [1.82, 2.24) is 4.90 Å². The summed E-state index contributed by atoms with van der Waals surface area (Å²) in [6.45, 7) is 0. The summed E-state index contributed by atoms with van der Waals surface area (Å²) in [6.07, 6.45) is 24.4. The summed E-state index contributed by atoms with van der Waals surface area (Å²) in [5, 5.41) is 1.53. The van der Waals surface area contributed by atoms with Gasteiger partial charge in [0.15, 0.2) is 0 Å². The third-order valence-electron chi connectivity index (χ3n) is 6.88. The van der Waals surface area contributed by atoms with Crippen molar-refractivity contribution in [2.45, 2.75) is 88.0 Å². The zero-order valence-corrected chi connectivity index (χ0v) is 18.6. The Morgan fingerprint density at radius 3 is 2.11 bits per heavy atom. The van der Waals surface area contributed by atoms with Gasteiger partial charge in [0.1, 0.15) is 0 Å². The summed E-state index contributed by atoms with van der Waals surface area (Å²) in [5.41, 5.74) is 15.2. The molecule has 28 heavy (non-hydrogen) atoms. The maximum atomic E-state index is 3.64. The molecule has 1 nitrogen and oxygen atoms in total. The molecule has 2 heteroatoms. The molecule has 0 bridgehead atoms. The van der Waals surface area contributed by atoms with Crippen molar-refractivity contribution in [1.29, 1.82) is 0 Å². The fraction of sp³-hybridized carbons (Fsp3) is 0.615. The molecular formula is C26H35NP. The number of hydrogen-bond donors (Lipinski definition) is 0. The van der Waals surface area contributed by atoms with Crippen LogP contribution in [0.4, 0.5) is 0 Å². The van der Waals surface area contributed by atoms with Gasteiger partial charge in [-0.15, -0.1) is 0 Å². The van der Waals surface area contributed by atoms with E-state index in [9.17, 15) is 0 Å². The molecule has 2 fully saturated rings. The van der Waals surface area contributed by atoms with Crippen LogP contribution in [0, 0.1) is 6.42 Å². The largest absolute Gasteiger partial charge is 0.298 e. The van der Waals surface area contributed by atoms with E-state index in [1.165, 1.54) is 80.7 Å². The molecule has 4 rings (SSSR count). The highest BCUT2D eigenvalue weighted by Crippen LogP contribution is 2.63. The van der Waals surface area contributed by atoms with Crippen molar-refractivity contribution in [3.63, 3.8) is 0 Å². The molecule has 0 amide bonds. The number of rotatable bonds is 6. The first-order valence-electron chi connectivity index (χ1n) is 11.4. The van der Waals surface area contributed by atoms with Gasteiger partial charge in [0.2, 0.25) is 0 Å². The van der Waals surface area contributed by atoms with Gasteiger partial charge in [-0.2, -0.15) is 0 Å². The second kappa shape index (κ2) is 9.63. The van der Waals surface area contributed by atoms with Crippen LogP contribution in [0.5, 0.6) is 0 Å². The molecule has 2 saturated carbocycles. The lowest BCUT2D eigenvalue weighted by Gasteiger charge is -2.40. The summed E-state index contributed by atoms with van der Waals surface area (Å²) in [6, 6.07) is 0.316. The third-order valence-corrected chi connectivity index (χ3v) is 10.4. The van der Waals surface area contributed by atoms with E-state index in [2.05, 4.69) is 60.8 Å². The molecule has 0 aromatic carbocycles. The summed E-state index contributed by atoms with van der Waals surface area (Å²) in [4.78, 5) is 2.38. The monoisotopic (exact) mass is 392 g/mol. The zero-order chi connectivity index (χ0) is 19.3. The zero-order valence-electron chi connectivity index (χ0n) is 17.7. The van der Waals surface area contributed by atoms with Crippen LogP contribution in [-0.2, 0) is 0 Å². The normalized spacial score (nSPS) is 24.6. The molecular weight excluding hydrogens is 357 g/mol. The minimum absolute atomic E-state index is 0.154. The number of likely N-dealkylation sites (N-methyl/N-ethyl adjacent to an activating group) is 1. The van der Waals surface area contributed by atoms with E-state index in [4.69, 9.17) is 0 Å². The van der Waals surface area contributed by atoms with Crippen LogP contribution in [0.25, 0.3) is 0 Å². The van der Waals surface area contributed by atoms with Crippen molar-refractivity contribution in [2.75, 3.05) is 14.1 Å².